The highest BCUT2D eigenvalue weighted by Crippen LogP contribution is 2.47. The fourth-order valence-corrected chi connectivity index (χ4v) is 10.8. The molecule has 0 radical (unpaired) electrons. The molecule has 7 heterocycles. The number of hydrogen-bond donors (Lipinski definition) is 3. The zero-order valence-electron chi connectivity index (χ0n) is 34.6. The van der Waals surface area contributed by atoms with Crippen LogP contribution >= 0.6 is 0 Å². The number of nitrogens with zero attached hydrogens (tertiary/aromatic N) is 6. The quantitative estimate of drug-likeness (QED) is 0.178. The topological polar surface area (TPSA) is 143 Å². The fourth-order valence-electron chi connectivity index (χ4n) is 10.8. The van der Waals surface area contributed by atoms with Crippen molar-refractivity contribution in [2.24, 2.45) is 5.92 Å². The van der Waals surface area contributed by atoms with Crippen molar-refractivity contribution >= 4 is 34.9 Å². The standard InChI is InChI=1S/C46H49F3N8O5/c1-25-16-29-17-31(62-32-20-46(45(48)49)24-50-42-39(57(46)23-32)19-37(52-53-42)34-4-3-5-36(47)41(34)59)8-9-33(29)26(2)55(25)21-27-12-14-54(15-13-27)30-7-6-28-22-56(44(61)35(28)18-30)38-10-11-40(58)51-43(38)60/h3-9,17-19,25-27,32,38,45,59H,10-16,20-24H2,1-2H3,(H,50,53)(H,51,58,60)/t25?,26?,32-,38-,46-/m1/s1. The van der Waals surface area contributed by atoms with E-state index in [0.29, 0.717) is 41.7 Å². The summed E-state index contributed by atoms with van der Waals surface area (Å²) in [5.41, 5.74) is 4.11. The van der Waals surface area contributed by atoms with Crippen molar-refractivity contribution in [1.82, 2.24) is 25.3 Å². The average molecular weight is 851 g/mol. The number of carbonyl (C=O) groups excluding carboxylic acids is 3. The van der Waals surface area contributed by atoms with Crippen molar-refractivity contribution in [3.8, 4) is 22.8 Å². The Kier molecular flexibility index (Phi) is 10.0. The maximum absolute atomic E-state index is 15.1. The van der Waals surface area contributed by atoms with Gasteiger partial charge in [-0.25, -0.2) is 13.2 Å². The molecule has 6 aliphatic heterocycles. The van der Waals surface area contributed by atoms with Crippen LogP contribution in [-0.2, 0) is 22.6 Å². The predicted octanol–water partition coefficient (Wildman–Crippen LogP) is 6.06. The summed E-state index contributed by atoms with van der Waals surface area (Å²) in [7, 11) is 0. The molecule has 13 nitrogen and oxygen atoms in total. The van der Waals surface area contributed by atoms with Crippen molar-refractivity contribution in [3.63, 3.8) is 0 Å². The first-order valence-electron chi connectivity index (χ1n) is 21.6. The lowest BCUT2D eigenvalue weighted by Gasteiger charge is -2.44. The smallest absolute Gasteiger partial charge is 0.263 e. The Labute approximate surface area is 357 Å². The molecule has 3 fully saturated rings. The molecule has 5 atom stereocenters. The van der Waals surface area contributed by atoms with Gasteiger partial charge in [0.25, 0.3) is 12.3 Å². The van der Waals surface area contributed by atoms with Crippen molar-refractivity contribution < 1.29 is 37.4 Å². The molecule has 16 heteroatoms. The molecule has 0 bridgehead atoms. The first-order valence-corrected chi connectivity index (χ1v) is 21.6. The second kappa shape index (κ2) is 15.5. The van der Waals surface area contributed by atoms with Crippen molar-refractivity contribution in [1.29, 1.82) is 0 Å². The molecule has 0 saturated carbocycles. The van der Waals surface area contributed by atoms with E-state index in [9.17, 15) is 23.9 Å². The Hall–Kier alpha value is -5.90. The van der Waals surface area contributed by atoms with Gasteiger partial charge in [0.2, 0.25) is 11.8 Å². The van der Waals surface area contributed by atoms with Gasteiger partial charge in [-0.05, 0) is 105 Å². The summed E-state index contributed by atoms with van der Waals surface area (Å²) >= 11 is 0. The summed E-state index contributed by atoms with van der Waals surface area (Å²) in [6, 6.07) is 17.6. The number of halogens is 3. The maximum Gasteiger partial charge on any atom is 0.263 e. The largest absolute Gasteiger partial charge is 0.504 e. The van der Waals surface area contributed by atoms with E-state index in [-0.39, 0.29) is 61.1 Å². The van der Waals surface area contributed by atoms with Gasteiger partial charge in [-0.1, -0.05) is 18.2 Å². The highest BCUT2D eigenvalue weighted by molar-refractivity contribution is 6.05. The monoisotopic (exact) mass is 850 g/mol. The first-order chi connectivity index (χ1) is 29.9. The van der Waals surface area contributed by atoms with E-state index in [0.717, 1.165) is 56.2 Å². The molecule has 0 spiro atoms. The molecule has 3 amide bonds. The molecular formula is C46H49F3N8O5. The number of phenols is 1. The number of benzene rings is 3. The van der Waals surface area contributed by atoms with Crippen LogP contribution in [0, 0.1) is 11.7 Å². The molecule has 0 aliphatic carbocycles. The molecule has 3 aromatic carbocycles. The summed E-state index contributed by atoms with van der Waals surface area (Å²) in [5.74, 6) is -0.768. The van der Waals surface area contributed by atoms with Gasteiger partial charge in [0.15, 0.2) is 17.4 Å². The molecule has 4 aromatic rings. The van der Waals surface area contributed by atoms with E-state index in [1.165, 1.54) is 23.3 Å². The molecule has 1 aromatic heterocycles. The Balaban J connectivity index is 0.775. The van der Waals surface area contributed by atoms with E-state index in [1.54, 1.807) is 15.9 Å². The van der Waals surface area contributed by atoms with Gasteiger partial charge in [0.05, 0.1) is 17.9 Å². The molecule has 10 rings (SSSR count). The Morgan fingerprint density at radius 3 is 2.58 bits per heavy atom. The fraction of sp³-hybridized carbons (Fsp3) is 0.457. The molecule has 62 heavy (non-hydrogen) atoms. The molecule has 6 aliphatic rings. The maximum atomic E-state index is 15.1. The van der Waals surface area contributed by atoms with Crippen LogP contribution < -0.4 is 25.2 Å². The van der Waals surface area contributed by atoms with E-state index in [1.807, 2.05) is 18.2 Å². The Morgan fingerprint density at radius 2 is 1.79 bits per heavy atom. The van der Waals surface area contributed by atoms with Crippen molar-refractivity contribution in [2.45, 2.75) is 95.1 Å². The van der Waals surface area contributed by atoms with Gasteiger partial charge in [0.1, 0.15) is 23.4 Å². The molecule has 3 saturated heterocycles. The number of piperidine rings is 2. The summed E-state index contributed by atoms with van der Waals surface area (Å²) in [5, 5.41) is 24.1. The number of phenolic OH excluding ortho intramolecular Hbond substituents is 1. The van der Waals surface area contributed by atoms with Crippen LogP contribution in [0.15, 0.2) is 60.7 Å². The third kappa shape index (κ3) is 6.86. The van der Waals surface area contributed by atoms with Gasteiger partial charge >= 0.3 is 0 Å². The average Bonchev–Trinajstić information content (AvgIpc) is 3.81. The normalized spacial score (nSPS) is 26.2. The van der Waals surface area contributed by atoms with Gasteiger partial charge < -0.3 is 29.9 Å². The number of ether oxygens (including phenoxy) is 1. The lowest BCUT2D eigenvalue weighted by molar-refractivity contribution is -0.136. The number of alkyl halides is 2. The molecular weight excluding hydrogens is 802 g/mol. The first kappa shape index (κ1) is 40.2. The minimum absolute atomic E-state index is 0.0487. The van der Waals surface area contributed by atoms with E-state index in [4.69, 9.17) is 4.74 Å². The third-order valence-electron chi connectivity index (χ3n) is 14.2. The number of amides is 3. The van der Waals surface area contributed by atoms with Gasteiger partial charge in [0, 0.05) is 74.5 Å². The number of para-hydroxylation sites is 1. The Bertz CT molecular complexity index is 2470. The number of nitrogens with one attached hydrogen (secondary N) is 2. The lowest BCUT2D eigenvalue weighted by atomic mass is 9.87. The third-order valence-corrected chi connectivity index (χ3v) is 14.2. The lowest BCUT2D eigenvalue weighted by Crippen LogP contribution is -2.57. The number of anilines is 3. The minimum atomic E-state index is -2.70. The highest BCUT2D eigenvalue weighted by atomic mass is 19.3. The number of rotatable bonds is 8. The van der Waals surface area contributed by atoms with E-state index >= 15 is 8.78 Å². The number of hydrogen-bond acceptors (Lipinski definition) is 11. The van der Waals surface area contributed by atoms with Crippen LogP contribution in [0.2, 0.25) is 0 Å². The summed E-state index contributed by atoms with van der Waals surface area (Å²) in [6.45, 7) is 7.72. The van der Waals surface area contributed by atoms with E-state index in [2.05, 4.69) is 62.7 Å². The minimum Gasteiger partial charge on any atom is -0.504 e. The van der Waals surface area contributed by atoms with Crippen LogP contribution in [-0.4, -0.2) is 106 Å². The zero-order valence-corrected chi connectivity index (χ0v) is 34.6. The highest BCUT2D eigenvalue weighted by Gasteiger charge is 2.56. The van der Waals surface area contributed by atoms with Gasteiger partial charge in [-0.15, -0.1) is 10.2 Å². The van der Waals surface area contributed by atoms with E-state index < -0.39 is 41.6 Å². The van der Waals surface area contributed by atoms with Gasteiger partial charge in [-0.3, -0.25) is 24.6 Å². The number of fused-ring (bicyclic) bond motifs is 5. The van der Waals surface area contributed by atoms with Gasteiger partial charge in [-0.2, -0.15) is 0 Å². The molecule has 3 N–H and O–H groups in total. The SMILES string of the molecule is CC1Cc2cc(O[C@H]3CN4c5cc(-c6cccc(F)c6O)nnc5NC[C@@]4(C(F)F)C3)ccc2C(C)N1CC1CCN(c2ccc3c(c2)C(=O)N([C@@H]2CCC(=O)NC2=O)C3)CC1. The number of carbonyl (C=O) groups is 3. The second-order valence-electron chi connectivity index (χ2n) is 17.9. The summed E-state index contributed by atoms with van der Waals surface area (Å²) in [6.07, 6.45) is 0.263. The number of imide groups is 1. The van der Waals surface area contributed by atoms with Crippen LogP contribution in [0.3, 0.4) is 0 Å². The Morgan fingerprint density at radius 1 is 0.968 bits per heavy atom. The summed E-state index contributed by atoms with van der Waals surface area (Å²) in [4.78, 5) is 45.8. The predicted molar refractivity (Wildman–Crippen MR) is 225 cm³/mol. The number of aromatic nitrogens is 2. The molecule has 2 unspecified atom stereocenters. The number of aromatic hydroxyl groups is 1. The molecule has 324 valence electrons. The van der Waals surface area contributed by atoms with Crippen molar-refractivity contribution in [3.05, 3.63) is 88.7 Å². The van der Waals surface area contributed by atoms with Crippen LogP contribution in [0.5, 0.6) is 11.5 Å². The van der Waals surface area contributed by atoms with Crippen LogP contribution in [0.4, 0.5) is 30.4 Å². The second-order valence-corrected chi connectivity index (χ2v) is 17.9. The van der Waals surface area contributed by atoms with Crippen LogP contribution in [0.1, 0.15) is 79.0 Å². The van der Waals surface area contributed by atoms with Crippen LogP contribution in [0.25, 0.3) is 11.3 Å². The van der Waals surface area contributed by atoms with Crippen molar-refractivity contribution in [2.75, 3.05) is 47.8 Å². The zero-order chi connectivity index (χ0) is 43.0. The summed E-state index contributed by atoms with van der Waals surface area (Å²) < 4.78 is 50.8.